The number of rotatable bonds is 6. The molecule has 2 aliphatic carbocycles. The Morgan fingerprint density at radius 1 is 1.16 bits per heavy atom. The highest BCUT2D eigenvalue weighted by Crippen LogP contribution is 2.53. The second-order valence-corrected chi connectivity index (χ2v) is 13.2. The summed E-state index contributed by atoms with van der Waals surface area (Å²) in [5.74, 6) is -0.0245. The molecular weight excluding hydrogens is 568 g/mol. The van der Waals surface area contributed by atoms with Gasteiger partial charge in [0, 0.05) is 42.8 Å². The molecule has 2 aromatic heterocycles. The molecule has 0 unspecified atom stereocenters. The fourth-order valence-corrected chi connectivity index (χ4v) is 8.04. The lowest BCUT2D eigenvalue weighted by Gasteiger charge is -2.39. The van der Waals surface area contributed by atoms with Crippen LogP contribution in [0.15, 0.2) is 18.2 Å². The number of carbonyl (C=O) groups excluding carboxylic acids is 3. The fraction of sp³-hybridized carbons (Fsp3) is 0.567. The van der Waals surface area contributed by atoms with E-state index in [2.05, 4.69) is 21.0 Å². The van der Waals surface area contributed by atoms with Gasteiger partial charge in [0.2, 0.25) is 0 Å². The summed E-state index contributed by atoms with van der Waals surface area (Å²) in [6, 6.07) is 6.28. The first kappa shape index (κ1) is 26.7. The summed E-state index contributed by atoms with van der Waals surface area (Å²) < 4.78 is 12.4. The molecule has 3 aromatic rings. The first-order chi connectivity index (χ1) is 21.0. The summed E-state index contributed by atoms with van der Waals surface area (Å²) in [5.41, 5.74) is 2.10. The maximum Gasteiger partial charge on any atom is 0.276 e. The SMILES string of the molecule is CCN1C(=O)[C@@H](NC(=O)c2ccc3snnc3c2)[C@@H](C2CC2)c2c(C(=O)N3[C@H](C#N)C[C@H]4C[C@H]43)nn(C3CCOCC3)c21. The van der Waals surface area contributed by atoms with E-state index in [1.807, 2.05) is 17.7 Å². The van der Waals surface area contributed by atoms with Crippen molar-refractivity contribution in [3.05, 3.63) is 35.0 Å². The topological polar surface area (TPSA) is 146 Å². The van der Waals surface area contributed by atoms with Gasteiger partial charge in [0.15, 0.2) is 5.69 Å². The Bertz CT molecular complexity index is 1680. The van der Waals surface area contributed by atoms with Crippen LogP contribution in [-0.2, 0) is 9.53 Å². The van der Waals surface area contributed by atoms with E-state index >= 15 is 0 Å². The predicted molar refractivity (Wildman–Crippen MR) is 156 cm³/mol. The average molecular weight is 601 g/mol. The maximum atomic E-state index is 14.4. The molecule has 5 heterocycles. The van der Waals surface area contributed by atoms with Crippen molar-refractivity contribution in [1.82, 2.24) is 29.6 Å². The molecule has 12 nitrogen and oxygen atoms in total. The van der Waals surface area contributed by atoms with Gasteiger partial charge in [0.1, 0.15) is 23.4 Å². The summed E-state index contributed by atoms with van der Waals surface area (Å²) in [5, 5.41) is 22.1. The second-order valence-electron chi connectivity index (χ2n) is 12.4. The molecule has 43 heavy (non-hydrogen) atoms. The summed E-state index contributed by atoms with van der Waals surface area (Å²) in [7, 11) is 0. The number of likely N-dealkylation sites (tertiary alicyclic amines) is 1. The van der Waals surface area contributed by atoms with Crippen LogP contribution in [0, 0.1) is 23.2 Å². The van der Waals surface area contributed by atoms with Crippen molar-refractivity contribution in [2.24, 2.45) is 11.8 Å². The Balaban J connectivity index is 1.24. The van der Waals surface area contributed by atoms with Crippen LogP contribution in [-0.4, -0.2) is 79.9 Å². The highest BCUT2D eigenvalue weighted by Gasteiger charge is 2.57. The Labute approximate surface area is 252 Å². The Morgan fingerprint density at radius 3 is 2.72 bits per heavy atom. The summed E-state index contributed by atoms with van der Waals surface area (Å²) in [4.78, 5) is 45.8. The lowest BCUT2D eigenvalue weighted by molar-refractivity contribution is -0.121. The summed E-state index contributed by atoms with van der Waals surface area (Å²) in [6.45, 7) is 3.44. The number of nitrogens with one attached hydrogen (secondary N) is 1. The summed E-state index contributed by atoms with van der Waals surface area (Å²) in [6.07, 6.45) is 4.86. The van der Waals surface area contributed by atoms with E-state index in [0.29, 0.717) is 54.7 Å². The fourth-order valence-electron chi connectivity index (χ4n) is 7.50. The molecule has 0 bridgehead atoms. The number of anilines is 1. The molecule has 0 spiro atoms. The monoisotopic (exact) mass is 600 g/mol. The van der Waals surface area contributed by atoms with E-state index in [-0.39, 0.29) is 35.7 Å². The third-order valence-corrected chi connectivity index (χ3v) is 10.6. The number of carbonyl (C=O) groups is 3. The minimum atomic E-state index is -0.852. The van der Waals surface area contributed by atoms with Crippen molar-refractivity contribution in [2.75, 3.05) is 24.7 Å². The molecule has 0 radical (unpaired) electrons. The molecule has 3 aliphatic heterocycles. The smallest absolute Gasteiger partial charge is 0.276 e. The number of fused-ring (bicyclic) bond motifs is 3. The number of hydrogen-bond donors (Lipinski definition) is 1. The molecule has 5 atom stereocenters. The second kappa shape index (κ2) is 10.1. The molecule has 13 heteroatoms. The zero-order chi connectivity index (χ0) is 29.4. The van der Waals surface area contributed by atoms with Crippen molar-refractivity contribution >= 4 is 45.3 Å². The van der Waals surface area contributed by atoms with Gasteiger partial charge in [-0.25, -0.2) is 4.68 Å². The zero-order valence-electron chi connectivity index (χ0n) is 23.8. The normalized spacial score (nSPS) is 28.5. The number of nitriles is 1. The molecule has 8 rings (SSSR count). The van der Waals surface area contributed by atoms with Crippen molar-refractivity contribution in [3.8, 4) is 6.07 Å². The highest BCUT2D eigenvalue weighted by molar-refractivity contribution is 7.12. The van der Waals surface area contributed by atoms with Gasteiger partial charge in [-0.2, -0.15) is 10.4 Å². The number of amides is 3. The number of hydrogen-bond acceptors (Lipinski definition) is 9. The summed E-state index contributed by atoms with van der Waals surface area (Å²) >= 11 is 1.26. The van der Waals surface area contributed by atoms with Crippen LogP contribution in [0.3, 0.4) is 0 Å². The molecule has 2 saturated heterocycles. The van der Waals surface area contributed by atoms with Crippen LogP contribution in [0.4, 0.5) is 5.82 Å². The van der Waals surface area contributed by atoms with Gasteiger partial charge in [-0.15, -0.1) is 5.10 Å². The van der Waals surface area contributed by atoms with Gasteiger partial charge in [-0.3, -0.25) is 19.3 Å². The molecule has 1 N–H and O–H groups in total. The van der Waals surface area contributed by atoms with Gasteiger partial charge < -0.3 is 15.0 Å². The van der Waals surface area contributed by atoms with Gasteiger partial charge in [0.05, 0.1) is 16.8 Å². The van der Waals surface area contributed by atoms with Gasteiger partial charge in [0.25, 0.3) is 17.7 Å². The van der Waals surface area contributed by atoms with E-state index in [9.17, 15) is 19.6 Å². The largest absolute Gasteiger partial charge is 0.381 e. The third-order valence-electron chi connectivity index (χ3n) is 9.87. The molecule has 1 aromatic carbocycles. The van der Waals surface area contributed by atoms with Crippen molar-refractivity contribution in [3.63, 3.8) is 0 Å². The molecule has 2 saturated carbocycles. The predicted octanol–water partition coefficient (Wildman–Crippen LogP) is 3.02. The standard InChI is InChI=1S/C30H32N8O4S/c1-2-36-28-24(23(15-3-4-15)25(29(36)40)32-27(39)16-5-6-22-20(12-16)33-35-43-22)26(34-38(28)18-7-9-42-10-8-18)30(41)37-19(14-31)11-17-13-21(17)37/h5-6,12,15,17-19,21,23,25H,2-4,7-11,13H2,1H3,(H,32,39)/t17-,19-,21+,23-,25-/m0/s1. The third kappa shape index (κ3) is 4.25. The van der Waals surface area contributed by atoms with Gasteiger partial charge in [-0.1, -0.05) is 4.49 Å². The van der Waals surface area contributed by atoms with Crippen LogP contribution in [0.25, 0.3) is 10.2 Å². The number of benzene rings is 1. The van der Waals surface area contributed by atoms with Crippen LogP contribution < -0.4 is 10.2 Å². The minimum Gasteiger partial charge on any atom is -0.381 e. The lowest BCUT2D eigenvalue weighted by atomic mass is 9.82. The Hall–Kier alpha value is -3.89. The van der Waals surface area contributed by atoms with Crippen LogP contribution >= 0.6 is 11.5 Å². The quantitative estimate of drug-likeness (QED) is 0.454. The van der Waals surface area contributed by atoms with E-state index in [4.69, 9.17) is 9.84 Å². The number of aromatic nitrogens is 4. The van der Waals surface area contributed by atoms with Gasteiger partial charge in [-0.05, 0) is 87.0 Å². The first-order valence-electron chi connectivity index (χ1n) is 15.2. The van der Waals surface area contributed by atoms with Crippen molar-refractivity contribution < 1.29 is 19.1 Å². The molecule has 3 amide bonds. The molecule has 5 aliphatic rings. The average Bonchev–Trinajstić information content (AvgIpc) is 3.88. The minimum absolute atomic E-state index is 0.0191. The number of nitrogens with zero attached hydrogens (tertiary/aromatic N) is 7. The number of likely N-dealkylation sites (N-methyl/N-ethyl adjacent to an activating group) is 1. The van der Waals surface area contributed by atoms with Gasteiger partial charge >= 0.3 is 0 Å². The first-order valence-corrected chi connectivity index (χ1v) is 16.0. The highest BCUT2D eigenvalue weighted by atomic mass is 32.1. The maximum absolute atomic E-state index is 14.4. The van der Waals surface area contributed by atoms with Crippen LogP contribution in [0.5, 0.6) is 0 Å². The Kier molecular flexibility index (Phi) is 6.27. The van der Waals surface area contributed by atoms with E-state index in [0.717, 1.165) is 42.4 Å². The van der Waals surface area contributed by atoms with Crippen LogP contribution in [0.1, 0.15) is 83.8 Å². The van der Waals surface area contributed by atoms with Crippen molar-refractivity contribution in [2.45, 2.75) is 75.5 Å². The molecule has 4 fully saturated rings. The van der Waals surface area contributed by atoms with Crippen LogP contribution in [0.2, 0.25) is 0 Å². The Morgan fingerprint density at radius 2 is 1.98 bits per heavy atom. The lowest BCUT2D eigenvalue weighted by Crippen LogP contribution is -2.56. The number of ether oxygens (including phenoxy) is 1. The van der Waals surface area contributed by atoms with Crippen molar-refractivity contribution in [1.29, 1.82) is 5.26 Å². The zero-order valence-corrected chi connectivity index (χ0v) is 24.6. The molecular formula is C30H32N8O4S. The molecule has 222 valence electrons. The number of piperidine rings is 1. The van der Waals surface area contributed by atoms with E-state index in [1.54, 1.807) is 21.9 Å². The van der Waals surface area contributed by atoms with E-state index in [1.165, 1.54) is 11.5 Å². The van der Waals surface area contributed by atoms with E-state index < -0.39 is 18.0 Å².